The molecule has 3 rings (SSSR count). The molecular formula is C24H32N4O3S2. The Labute approximate surface area is 200 Å². The van der Waals surface area contributed by atoms with Crippen molar-refractivity contribution in [2.75, 3.05) is 13.1 Å². The zero-order chi connectivity index (χ0) is 24.2. The van der Waals surface area contributed by atoms with E-state index >= 15 is 0 Å². The molecule has 1 aromatic heterocycles. The lowest BCUT2D eigenvalue weighted by atomic mass is 10.1. The Bertz CT molecular complexity index is 1210. The predicted octanol–water partition coefficient (Wildman–Crippen LogP) is 4.44. The van der Waals surface area contributed by atoms with Crippen LogP contribution in [0.15, 0.2) is 58.6 Å². The number of carbonyl (C=O) groups excluding carboxylic acids is 1. The van der Waals surface area contributed by atoms with Crippen molar-refractivity contribution in [2.45, 2.75) is 62.5 Å². The quantitative estimate of drug-likeness (QED) is 0.427. The van der Waals surface area contributed by atoms with Crippen LogP contribution < -0.4 is 5.32 Å². The Hall–Kier alpha value is -2.36. The SMILES string of the molecule is CCN(CC)S(=O)(=O)c1ccc2c(c1)nc(SC(C)C(=O)NC(C)c1ccccc1)n2CC. The monoisotopic (exact) mass is 488 g/mol. The minimum Gasteiger partial charge on any atom is -0.349 e. The minimum absolute atomic E-state index is 0.0733. The largest absolute Gasteiger partial charge is 0.349 e. The molecule has 0 saturated carbocycles. The predicted molar refractivity (Wildman–Crippen MR) is 134 cm³/mol. The summed E-state index contributed by atoms with van der Waals surface area (Å²) in [4.78, 5) is 17.7. The van der Waals surface area contributed by atoms with Crippen LogP contribution in [0.3, 0.4) is 0 Å². The molecular weight excluding hydrogens is 456 g/mol. The van der Waals surface area contributed by atoms with Crippen LogP contribution in [0.5, 0.6) is 0 Å². The summed E-state index contributed by atoms with van der Waals surface area (Å²) in [7, 11) is -3.57. The van der Waals surface area contributed by atoms with Gasteiger partial charge in [-0.1, -0.05) is 55.9 Å². The Morgan fingerprint density at radius 1 is 1.09 bits per heavy atom. The molecule has 1 heterocycles. The fourth-order valence-corrected chi connectivity index (χ4v) is 6.20. The van der Waals surface area contributed by atoms with Gasteiger partial charge in [-0.25, -0.2) is 13.4 Å². The van der Waals surface area contributed by atoms with E-state index in [-0.39, 0.29) is 22.1 Å². The van der Waals surface area contributed by atoms with Crippen LogP contribution in [-0.2, 0) is 21.4 Å². The molecule has 2 aromatic carbocycles. The molecule has 3 aromatic rings. The number of thioether (sulfide) groups is 1. The van der Waals surface area contributed by atoms with Crippen LogP contribution in [0.25, 0.3) is 11.0 Å². The number of aryl methyl sites for hydroxylation is 1. The summed E-state index contributed by atoms with van der Waals surface area (Å²) in [5.41, 5.74) is 2.51. The number of nitrogens with one attached hydrogen (secondary N) is 1. The van der Waals surface area contributed by atoms with Gasteiger partial charge in [-0.05, 0) is 44.5 Å². The van der Waals surface area contributed by atoms with E-state index in [1.807, 2.05) is 69.5 Å². The average molecular weight is 489 g/mol. The lowest BCUT2D eigenvalue weighted by Gasteiger charge is -2.18. The van der Waals surface area contributed by atoms with Crippen molar-refractivity contribution in [1.29, 1.82) is 0 Å². The molecule has 0 spiro atoms. The van der Waals surface area contributed by atoms with Crippen molar-refractivity contribution in [2.24, 2.45) is 0 Å². The summed E-state index contributed by atoms with van der Waals surface area (Å²) in [6.07, 6.45) is 0. The first-order valence-corrected chi connectivity index (χ1v) is 13.6. The molecule has 9 heteroatoms. The van der Waals surface area contributed by atoms with Crippen molar-refractivity contribution in [3.8, 4) is 0 Å². The fraction of sp³-hybridized carbons (Fsp3) is 0.417. The number of fused-ring (bicyclic) bond motifs is 1. The van der Waals surface area contributed by atoms with E-state index in [0.29, 0.717) is 30.3 Å². The first-order chi connectivity index (χ1) is 15.7. The summed E-state index contributed by atoms with van der Waals surface area (Å²) in [5.74, 6) is -0.0733. The zero-order valence-corrected chi connectivity index (χ0v) is 21.4. The van der Waals surface area contributed by atoms with Gasteiger partial charge in [0.2, 0.25) is 15.9 Å². The van der Waals surface area contributed by atoms with Gasteiger partial charge in [0.1, 0.15) is 0 Å². The Morgan fingerprint density at radius 3 is 2.36 bits per heavy atom. The highest BCUT2D eigenvalue weighted by molar-refractivity contribution is 8.00. The molecule has 2 unspecified atom stereocenters. The third-order valence-electron chi connectivity index (χ3n) is 5.65. The summed E-state index contributed by atoms with van der Waals surface area (Å²) in [5, 5.41) is 3.39. The Balaban J connectivity index is 1.83. The molecule has 0 saturated heterocycles. The lowest BCUT2D eigenvalue weighted by Crippen LogP contribution is -2.33. The first kappa shape index (κ1) is 25.3. The van der Waals surface area contributed by atoms with E-state index in [0.717, 1.165) is 11.1 Å². The maximum Gasteiger partial charge on any atom is 0.243 e. The zero-order valence-electron chi connectivity index (χ0n) is 19.8. The second-order valence-corrected chi connectivity index (χ2v) is 11.0. The maximum atomic E-state index is 12.9. The number of nitrogens with zero attached hydrogens (tertiary/aromatic N) is 3. The highest BCUT2D eigenvalue weighted by Crippen LogP contribution is 2.30. The van der Waals surface area contributed by atoms with Crippen LogP contribution >= 0.6 is 11.8 Å². The summed E-state index contributed by atoms with van der Waals surface area (Å²) in [6, 6.07) is 14.8. The molecule has 0 fully saturated rings. The molecule has 33 heavy (non-hydrogen) atoms. The number of hydrogen-bond donors (Lipinski definition) is 1. The van der Waals surface area contributed by atoms with Crippen LogP contribution in [-0.4, -0.2) is 46.5 Å². The van der Waals surface area contributed by atoms with Gasteiger partial charge in [-0.15, -0.1) is 0 Å². The lowest BCUT2D eigenvalue weighted by molar-refractivity contribution is -0.120. The summed E-state index contributed by atoms with van der Waals surface area (Å²) < 4.78 is 29.3. The molecule has 2 atom stereocenters. The van der Waals surface area contributed by atoms with E-state index in [9.17, 15) is 13.2 Å². The molecule has 178 valence electrons. The van der Waals surface area contributed by atoms with Crippen molar-refractivity contribution in [3.05, 3.63) is 54.1 Å². The van der Waals surface area contributed by atoms with Gasteiger partial charge in [0.15, 0.2) is 5.16 Å². The topological polar surface area (TPSA) is 84.3 Å². The number of amides is 1. The van der Waals surface area contributed by atoms with Gasteiger partial charge in [0.05, 0.1) is 27.2 Å². The number of imidazole rings is 1. The number of sulfonamides is 1. The highest BCUT2D eigenvalue weighted by Gasteiger charge is 2.24. The molecule has 0 aliphatic rings. The van der Waals surface area contributed by atoms with Crippen molar-refractivity contribution < 1.29 is 13.2 Å². The number of hydrogen-bond acceptors (Lipinski definition) is 5. The number of benzene rings is 2. The van der Waals surface area contributed by atoms with Gasteiger partial charge in [0.25, 0.3) is 0 Å². The van der Waals surface area contributed by atoms with E-state index < -0.39 is 10.0 Å². The van der Waals surface area contributed by atoms with Crippen LogP contribution in [0.4, 0.5) is 0 Å². The fourth-order valence-electron chi connectivity index (χ4n) is 3.72. The van der Waals surface area contributed by atoms with Gasteiger partial charge in [-0.3, -0.25) is 4.79 Å². The number of rotatable bonds is 10. The Morgan fingerprint density at radius 2 is 1.76 bits per heavy atom. The third-order valence-corrected chi connectivity index (χ3v) is 8.79. The van der Waals surface area contributed by atoms with Gasteiger partial charge >= 0.3 is 0 Å². The number of carbonyl (C=O) groups is 1. The Kier molecular flexibility index (Phi) is 8.20. The molecule has 1 N–H and O–H groups in total. The molecule has 7 nitrogen and oxygen atoms in total. The molecule has 0 aliphatic carbocycles. The third kappa shape index (κ3) is 5.42. The molecule has 0 aliphatic heterocycles. The number of aromatic nitrogens is 2. The molecule has 0 bridgehead atoms. The molecule has 1 amide bonds. The van der Waals surface area contributed by atoms with Gasteiger partial charge in [-0.2, -0.15) is 4.31 Å². The van der Waals surface area contributed by atoms with Gasteiger partial charge in [0, 0.05) is 19.6 Å². The van der Waals surface area contributed by atoms with Crippen LogP contribution in [0, 0.1) is 0 Å². The standard InChI is InChI=1S/C24H32N4O3S2/c1-6-27(7-2)33(30,31)20-14-15-22-21(16-20)26-24(28(22)8-3)32-18(5)23(29)25-17(4)19-12-10-9-11-13-19/h9-18H,6-8H2,1-5H3,(H,25,29). The van der Waals surface area contributed by atoms with Crippen molar-refractivity contribution >= 4 is 38.7 Å². The summed E-state index contributed by atoms with van der Waals surface area (Å²) >= 11 is 1.37. The second kappa shape index (κ2) is 10.7. The maximum absolute atomic E-state index is 12.9. The van der Waals surface area contributed by atoms with E-state index in [4.69, 9.17) is 4.98 Å². The average Bonchev–Trinajstić information content (AvgIpc) is 3.16. The van der Waals surface area contributed by atoms with Crippen molar-refractivity contribution in [1.82, 2.24) is 19.2 Å². The molecule has 0 radical (unpaired) electrons. The highest BCUT2D eigenvalue weighted by atomic mass is 32.2. The second-order valence-electron chi connectivity index (χ2n) is 7.78. The smallest absolute Gasteiger partial charge is 0.243 e. The first-order valence-electron chi connectivity index (χ1n) is 11.2. The summed E-state index contributed by atoms with van der Waals surface area (Å²) in [6.45, 7) is 11.0. The van der Waals surface area contributed by atoms with Crippen LogP contribution in [0.2, 0.25) is 0 Å². The normalized spacial score (nSPS) is 13.9. The van der Waals surface area contributed by atoms with E-state index in [1.165, 1.54) is 16.1 Å². The van der Waals surface area contributed by atoms with E-state index in [2.05, 4.69) is 5.32 Å². The van der Waals surface area contributed by atoms with Crippen LogP contribution in [0.1, 0.15) is 46.2 Å². The van der Waals surface area contributed by atoms with E-state index in [1.54, 1.807) is 18.2 Å². The van der Waals surface area contributed by atoms with Gasteiger partial charge < -0.3 is 9.88 Å². The minimum atomic E-state index is -3.57. The van der Waals surface area contributed by atoms with Crippen molar-refractivity contribution in [3.63, 3.8) is 0 Å².